The highest BCUT2D eigenvalue weighted by Gasteiger charge is 2.41. The highest BCUT2D eigenvalue weighted by atomic mass is 79.9. The Morgan fingerprint density at radius 3 is 2.80 bits per heavy atom. The number of rotatable bonds is 6. The van der Waals surface area contributed by atoms with Gasteiger partial charge in [-0.1, -0.05) is 11.6 Å². The number of benzene rings is 1. The van der Waals surface area contributed by atoms with Crippen LogP contribution in [0.2, 0.25) is 5.02 Å². The SMILES string of the molecule is COC(=O)CN1C2CCC1CC(Nc1c(C(N)=Nc3ccc(O)c(Br)c3Cl)cnn3cccc13)C2. The second kappa shape index (κ2) is 9.67. The number of nitrogens with one attached hydrogen (secondary N) is 1. The highest BCUT2D eigenvalue weighted by Crippen LogP contribution is 2.40. The molecular formula is C24H26BrClN6O3. The van der Waals surface area contributed by atoms with Crippen LogP contribution in [0.15, 0.2) is 46.1 Å². The maximum absolute atomic E-state index is 11.9. The van der Waals surface area contributed by atoms with E-state index >= 15 is 0 Å². The molecule has 0 aliphatic carbocycles. The number of halogens is 2. The minimum atomic E-state index is -0.192. The van der Waals surface area contributed by atoms with Crippen LogP contribution in [0.4, 0.5) is 11.4 Å². The number of anilines is 1. The smallest absolute Gasteiger partial charge is 0.319 e. The molecule has 4 heterocycles. The lowest BCUT2D eigenvalue weighted by Gasteiger charge is -2.39. The summed E-state index contributed by atoms with van der Waals surface area (Å²) in [5, 5.41) is 18.3. The molecule has 2 fully saturated rings. The van der Waals surface area contributed by atoms with Crippen molar-refractivity contribution in [1.82, 2.24) is 14.5 Å². The molecular weight excluding hydrogens is 536 g/mol. The second-order valence-electron chi connectivity index (χ2n) is 8.95. The Morgan fingerprint density at radius 1 is 1.34 bits per heavy atom. The largest absolute Gasteiger partial charge is 0.507 e. The standard InChI is InChI=1S/C24H26BrClN6O3/c1-35-20(34)12-31-14-4-5-15(31)10-13(9-14)29-23-16(11-28-32-8-2-3-18(23)32)24(27)30-17-6-7-19(33)21(25)22(17)26/h2-3,6-8,11,13-15,29,33H,4-5,9-10,12H2,1H3,(H2,27,30). The molecule has 1 aromatic carbocycles. The van der Waals surface area contributed by atoms with Crippen LogP contribution in [-0.4, -0.2) is 63.2 Å². The minimum absolute atomic E-state index is 0.0271. The average Bonchev–Trinajstić information content (AvgIpc) is 3.41. The van der Waals surface area contributed by atoms with E-state index in [1.807, 2.05) is 18.3 Å². The van der Waals surface area contributed by atoms with E-state index < -0.39 is 0 Å². The van der Waals surface area contributed by atoms with Gasteiger partial charge in [-0.05, 0) is 65.9 Å². The van der Waals surface area contributed by atoms with Crippen LogP contribution in [-0.2, 0) is 9.53 Å². The highest BCUT2D eigenvalue weighted by molar-refractivity contribution is 9.10. The first-order valence-corrected chi connectivity index (χ1v) is 12.6. The number of hydrogen-bond acceptors (Lipinski definition) is 7. The van der Waals surface area contributed by atoms with E-state index in [9.17, 15) is 9.90 Å². The molecule has 9 nitrogen and oxygen atoms in total. The van der Waals surface area contributed by atoms with Crippen molar-refractivity contribution in [3.63, 3.8) is 0 Å². The molecule has 184 valence electrons. The zero-order chi connectivity index (χ0) is 24.7. The predicted octanol–water partition coefficient (Wildman–Crippen LogP) is 4.07. The number of methoxy groups -OCH3 is 1. The van der Waals surface area contributed by atoms with Gasteiger partial charge in [0.2, 0.25) is 0 Å². The van der Waals surface area contributed by atoms with Crippen LogP contribution >= 0.6 is 27.5 Å². The number of nitrogens with zero attached hydrogens (tertiary/aromatic N) is 4. The van der Waals surface area contributed by atoms with Gasteiger partial charge in [-0.25, -0.2) is 9.51 Å². The van der Waals surface area contributed by atoms with E-state index in [1.165, 1.54) is 13.2 Å². The van der Waals surface area contributed by atoms with Crippen molar-refractivity contribution in [2.75, 3.05) is 19.0 Å². The summed E-state index contributed by atoms with van der Waals surface area (Å²) in [6.45, 7) is 0.338. The van der Waals surface area contributed by atoms with Crippen molar-refractivity contribution in [2.24, 2.45) is 10.7 Å². The summed E-state index contributed by atoms with van der Waals surface area (Å²) in [5.74, 6) is 0.0942. The summed E-state index contributed by atoms with van der Waals surface area (Å²) in [4.78, 5) is 18.7. The van der Waals surface area contributed by atoms with Gasteiger partial charge in [-0.3, -0.25) is 9.69 Å². The fourth-order valence-electron chi connectivity index (χ4n) is 5.21. The van der Waals surface area contributed by atoms with Crippen molar-refractivity contribution < 1.29 is 14.6 Å². The Morgan fingerprint density at radius 2 is 2.09 bits per heavy atom. The van der Waals surface area contributed by atoms with Crippen LogP contribution in [0.5, 0.6) is 5.75 Å². The van der Waals surface area contributed by atoms with Crippen molar-refractivity contribution in [3.05, 3.63) is 51.7 Å². The van der Waals surface area contributed by atoms with Crippen molar-refractivity contribution in [1.29, 1.82) is 0 Å². The molecule has 2 unspecified atom stereocenters. The molecule has 0 saturated carbocycles. The lowest BCUT2D eigenvalue weighted by atomic mass is 9.96. The Hall–Kier alpha value is -2.82. The average molecular weight is 562 g/mol. The number of fused-ring (bicyclic) bond motifs is 3. The molecule has 11 heteroatoms. The number of phenols is 1. The topological polar surface area (TPSA) is 117 Å². The number of aromatic nitrogens is 2. The van der Waals surface area contributed by atoms with Gasteiger partial charge in [-0.2, -0.15) is 5.10 Å². The molecule has 2 saturated heterocycles. The molecule has 0 radical (unpaired) electrons. The molecule has 2 aromatic heterocycles. The number of ether oxygens (including phenoxy) is 1. The molecule has 3 aromatic rings. The Bertz CT molecular complexity index is 1300. The fraction of sp³-hybridized carbons (Fsp3) is 0.375. The minimum Gasteiger partial charge on any atom is -0.507 e. The molecule has 2 bridgehead atoms. The third kappa shape index (κ3) is 4.57. The Balaban J connectivity index is 1.45. The van der Waals surface area contributed by atoms with Gasteiger partial charge >= 0.3 is 5.97 Å². The van der Waals surface area contributed by atoms with Crippen LogP contribution in [0.3, 0.4) is 0 Å². The maximum atomic E-state index is 11.9. The second-order valence-corrected chi connectivity index (χ2v) is 10.1. The summed E-state index contributed by atoms with van der Waals surface area (Å²) < 4.78 is 7.05. The first-order chi connectivity index (χ1) is 16.9. The summed E-state index contributed by atoms with van der Waals surface area (Å²) in [7, 11) is 1.43. The lowest BCUT2D eigenvalue weighted by Crippen LogP contribution is -2.49. The molecule has 2 aliphatic rings. The first kappa shape index (κ1) is 23.9. The normalized spacial score (nSPS) is 22.5. The van der Waals surface area contributed by atoms with Gasteiger partial charge in [0.15, 0.2) is 0 Å². The first-order valence-electron chi connectivity index (χ1n) is 11.4. The fourth-order valence-corrected chi connectivity index (χ4v) is 5.75. The molecule has 0 spiro atoms. The number of piperidine rings is 1. The van der Waals surface area contributed by atoms with Crippen LogP contribution in [0.1, 0.15) is 31.2 Å². The van der Waals surface area contributed by atoms with Crippen LogP contribution in [0, 0.1) is 0 Å². The van der Waals surface area contributed by atoms with Gasteiger partial charge in [0.25, 0.3) is 0 Å². The Kier molecular flexibility index (Phi) is 6.61. The lowest BCUT2D eigenvalue weighted by molar-refractivity contribution is -0.143. The van der Waals surface area contributed by atoms with E-state index in [0.717, 1.165) is 36.9 Å². The Labute approximate surface area is 216 Å². The van der Waals surface area contributed by atoms with Gasteiger partial charge < -0.3 is 20.9 Å². The number of esters is 1. The van der Waals surface area contributed by atoms with E-state index in [0.29, 0.717) is 34.4 Å². The van der Waals surface area contributed by atoms with Crippen LogP contribution < -0.4 is 11.1 Å². The number of carbonyl (C=O) groups excluding carboxylic acids is 1. The zero-order valence-electron chi connectivity index (χ0n) is 19.1. The summed E-state index contributed by atoms with van der Waals surface area (Å²) in [6.07, 6.45) is 7.54. The number of hydrogen-bond donors (Lipinski definition) is 3. The molecule has 2 atom stereocenters. The predicted molar refractivity (Wildman–Crippen MR) is 139 cm³/mol. The van der Waals surface area contributed by atoms with Crippen molar-refractivity contribution >= 4 is 56.2 Å². The van der Waals surface area contributed by atoms with Crippen molar-refractivity contribution in [3.8, 4) is 5.75 Å². The zero-order valence-corrected chi connectivity index (χ0v) is 21.5. The van der Waals surface area contributed by atoms with Gasteiger partial charge in [0.1, 0.15) is 11.6 Å². The summed E-state index contributed by atoms with van der Waals surface area (Å²) in [5.41, 5.74) is 9.32. The number of aromatic hydroxyl groups is 1. The molecule has 2 aliphatic heterocycles. The number of amidine groups is 1. The third-order valence-corrected chi connectivity index (χ3v) is 8.31. The quantitative estimate of drug-likeness (QED) is 0.236. The number of nitrogens with two attached hydrogens (primary N) is 1. The number of phenolic OH excluding ortho intramolecular Hbond substituents is 1. The molecule has 5 rings (SSSR count). The summed E-state index contributed by atoms with van der Waals surface area (Å²) in [6, 6.07) is 7.91. The van der Waals surface area contributed by atoms with E-state index in [2.05, 4.69) is 36.2 Å². The molecule has 4 N–H and O–H groups in total. The van der Waals surface area contributed by atoms with Crippen LogP contribution in [0.25, 0.3) is 5.52 Å². The maximum Gasteiger partial charge on any atom is 0.319 e. The number of aliphatic imine (C=N–C) groups is 1. The van der Waals surface area contributed by atoms with E-state index in [4.69, 9.17) is 22.1 Å². The van der Waals surface area contributed by atoms with Crippen molar-refractivity contribution in [2.45, 2.75) is 43.8 Å². The number of carbonyl (C=O) groups is 1. The van der Waals surface area contributed by atoms with E-state index in [-0.39, 0.29) is 28.6 Å². The summed E-state index contributed by atoms with van der Waals surface area (Å²) >= 11 is 9.63. The van der Waals surface area contributed by atoms with Gasteiger partial charge in [0, 0.05) is 24.3 Å². The molecule has 35 heavy (non-hydrogen) atoms. The monoisotopic (exact) mass is 560 g/mol. The van der Waals surface area contributed by atoms with Gasteiger partial charge in [0.05, 0.1) is 51.8 Å². The van der Waals surface area contributed by atoms with E-state index in [1.54, 1.807) is 16.8 Å². The third-order valence-electron chi connectivity index (χ3n) is 6.90. The van der Waals surface area contributed by atoms with Gasteiger partial charge in [-0.15, -0.1) is 0 Å². The molecule has 0 amide bonds.